The standard InChI is InChI=1S/C12H15F2NO/c13-8-1-4-11(14)10(7-8)12(16)5-6-15-9-2-3-9/h1,4,7,9,12,15-16H,2-3,5-6H2. The maximum atomic E-state index is 13.3. The van der Waals surface area contributed by atoms with E-state index in [4.69, 9.17) is 0 Å². The van der Waals surface area contributed by atoms with Gasteiger partial charge in [-0.3, -0.25) is 0 Å². The second-order valence-corrected chi connectivity index (χ2v) is 4.20. The van der Waals surface area contributed by atoms with Crippen LogP contribution >= 0.6 is 0 Å². The lowest BCUT2D eigenvalue weighted by molar-refractivity contribution is 0.161. The Hall–Kier alpha value is -1.00. The smallest absolute Gasteiger partial charge is 0.129 e. The summed E-state index contributed by atoms with van der Waals surface area (Å²) in [6.07, 6.45) is 1.80. The average Bonchev–Trinajstić information content (AvgIpc) is 3.05. The van der Waals surface area contributed by atoms with Crippen molar-refractivity contribution in [1.82, 2.24) is 5.32 Å². The number of aliphatic hydroxyl groups is 1. The minimum Gasteiger partial charge on any atom is -0.388 e. The van der Waals surface area contributed by atoms with Crippen molar-refractivity contribution in [3.8, 4) is 0 Å². The van der Waals surface area contributed by atoms with E-state index >= 15 is 0 Å². The van der Waals surface area contributed by atoms with Crippen LogP contribution in [0.1, 0.15) is 30.9 Å². The topological polar surface area (TPSA) is 32.3 Å². The van der Waals surface area contributed by atoms with E-state index in [1.54, 1.807) is 0 Å². The molecule has 1 aromatic carbocycles. The third-order valence-electron chi connectivity index (χ3n) is 2.75. The molecule has 1 aromatic rings. The van der Waals surface area contributed by atoms with Gasteiger partial charge in [0.1, 0.15) is 11.6 Å². The Kier molecular flexibility index (Phi) is 3.51. The molecule has 1 saturated carbocycles. The molecule has 16 heavy (non-hydrogen) atoms. The van der Waals surface area contributed by atoms with E-state index in [1.165, 1.54) is 12.8 Å². The van der Waals surface area contributed by atoms with E-state index in [0.717, 1.165) is 18.2 Å². The van der Waals surface area contributed by atoms with Crippen LogP contribution in [0.3, 0.4) is 0 Å². The summed E-state index contributed by atoms with van der Waals surface area (Å²) in [5.74, 6) is -1.08. The molecule has 4 heteroatoms. The number of hydrogen-bond acceptors (Lipinski definition) is 2. The number of halogens is 2. The van der Waals surface area contributed by atoms with Crippen molar-refractivity contribution in [2.45, 2.75) is 31.4 Å². The molecule has 1 aliphatic carbocycles. The first-order valence-corrected chi connectivity index (χ1v) is 5.53. The molecule has 2 rings (SSSR count). The molecule has 0 aliphatic heterocycles. The summed E-state index contributed by atoms with van der Waals surface area (Å²) in [5, 5.41) is 12.9. The highest BCUT2D eigenvalue weighted by Crippen LogP contribution is 2.22. The van der Waals surface area contributed by atoms with Gasteiger partial charge >= 0.3 is 0 Å². The van der Waals surface area contributed by atoms with Crippen molar-refractivity contribution < 1.29 is 13.9 Å². The summed E-state index contributed by atoms with van der Waals surface area (Å²) in [6.45, 7) is 0.627. The lowest BCUT2D eigenvalue weighted by Gasteiger charge is -2.12. The lowest BCUT2D eigenvalue weighted by Crippen LogP contribution is -2.19. The summed E-state index contributed by atoms with van der Waals surface area (Å²) in [6, 6.07) is 3.71. The van der Waals surface area contributed by atoms with Crippen molar-refractivity contribution >= 4 is 0 Å². The quantitative estimate of drug-likeness (QED) is 0.807. The molecule has 0 bridgehead atoms. The zero-order valence-corrected chi connectivity index (χ0v) is 8.92. The van der Waals surface area contributed by atoms with Crippen molar-refractivity contribution in [3.05, 3.63) is 35.4 Å². The summed E-state index contributed by atoms with van der Waals surface area (Å²) in [7, 11) is 0. The molecule has 0 saturated heterocycles. The predicted octanol–water partition coefficient (Wildman–Crippen LogP) is 2.14. The Balaban J connectivity index is 1.90. The van der Waals surface area contributed by atoms with Gasteiger partial charge < -0.3 is 10.4 Å². The second kappa shape index (κ2) is 4.89. The fourth-order valence-electron chi connectivity index (χ4n) is 1.64. The number of benzene rings is 1. The van der Waals surface area contributed by atoms with Crippen LogP contribution in [-0.2, 0) is 0 Å². The van der Waals surface area contributed by atoms with Crippen LogP contribution in [0.15, 0.2) is 18.2 Å². The van der Waals surface area contributed by atoms with Crippen molar-refractivity contribution in [3.63, 3.8) is 0 Å². The Bertz CT molecular complexity index is 366. The van der Waals surface area contributed by atoms with Crippen LogP contribution in [0.5, 0.6) is 0 Å². The van der Waals surface area contributed by atoms with Crippen LogP contribution in [0.2, 0.25) is 0 Å². The molecular weight excluding hydrogens is 212 g/mol. The molecule has 0 heterocycles. The maximum absolute atomic E-state index is 13.3. The Morgan fingerprint density at radius 1 is 1.38 bits per heavy atom. The SMILES string of the molecule is OC(CCNC1CC1)c1cc(F)ccc1F. The van der Waals surface area contributed by atoms with Gasteiger partial charge in [-0.1, -0.05) is 0 Å². The van der Waals surface area contributed by atoms with E-state index in [1.807, 2.05) is 0 Å². The second-order valence-electron chi connectivity index (χ2n) is 4.20. The minimum atomic E-state index is -0.943. The lowest BCUT2D eigenvalue weighted by atomic mass is 10.1. The summed E-state index contributed by atoms with van der Waals surface area (Å²) in [5.41, 5.74) is 0.0394. The highest BCUT2D eigenvalue weighted by molar-refractivity contribution is 5.21. The summed E-state index contributed by atoms with van der Waals surface area (Å²) >= 11 is 0. The number of rotatable bonds is 5. The van der Waals surface area contributed by atoms with E-state index in [2.05, 4.69) is 5.32 Å². The van der Waals surface area contributed by atoms with Crippen LogP contribution < -0.4 is 5.32 Å². The number of nitrogens with one attached hydrogen (secondary N) is 1. The summed E-state index contributed by atoms with van der Waals surface area (Å²) < 4.78 is 26.1. The molecule has 0 spiro atoms. The van der Waals surface area contributed by atoms with Gasteiger partial charge in [0, 0.05) is 11.6 Å². The van der Waals surface area contributed by atoms with Gasteiger partial charge in [0.2, 0.25) is 0 Å². The number of hydrogen-bond donors (Lipinski definition) is 2. The van der Waals surface area contributed by atoms with Crippen molar-refractivity contribution in [1.29, 1.82) is 0 Å². The Morgan fingerprint density at radius 2 is 2.12 bits per heavy atom. The molecule has 2 nitrogen and oxygen atoms in total. The molecule has 1 atom stereocenters. The summed E-state index contributed by atoms with van der Waals surface area (Å²) in [4.78, 5) is 0. The zero-order valence-electron chi connectivity index (χ0n) is 8.92. The van der Waals surface area contributed by atoms with Crippen molar-refractivity contribution in [2.24, 2.45) is 0 Å². The van der Waals surface area contributed by atoms with Gasteiger partial charge in [0.15, 0.2) is 0 Å². The van der Waals surface area contributed by atoms with E-state index in [0.29, 0.717) is 19.0 Å². The monoisotopic (exact) mass is 227 g/mol. The van der Waals surface area contributed by atoms with Crippen LogP contribution in [-0.4, -0.2) is 17.7 Å². The molecule has 2 N–H and O–H groups in total. The Morgan fingerprint density at radius 3 is 2.81 bits per heavy atom. The maximum Gasteiger partial charge on any atom is 0.129 e. The van der Waals surface area contributed by atoms with Gasteiger partial charge in [0.05, 0.1) is 6.10 Å². The van der Waals surface area contributed by atoms with E-state index < -0.39 is 17.7 Å². The van der Waals surface area contributed by atoms with Crippen molar-refractivity contribution in [2.75, 3.05) is 6.54 Å². The first-order valence-electron chi connectivity index (χ1n) is 5.53. The normalized spacial score (nSPS) is 17.4. The molecular formula is C12H15F2NO. The first-order chi connectivity index (χ1) is 7.66. The number of aliphatic hydroxyl groups excluding tert-OH is 1. The minimum absolute atomic E-state index is 0.0394. The molecule has 0 aromatic heterocycles. The first kappa shape index (κ1) is 11.5. The third-order valence-corrected chi connectivity index (χ3v) is 2.75. The molecule has 1 fully saturated rings. The predicted molar refractivity (Wildman–Crippen MR) is 57.0 cm³/mol. The average molecular weight is 227 g/mol. The fourth-order valence-corrected chi connectivity index (χ4v) is 1.64. The molecule has 1 aliphatic rings. The zero-order chi connectivity index (χ0) is 11.5. The molecule has 88 valence electrons. The van der Waals surface area contributed by atoms with Crippen LogP contribution in [0.25, 0.3) is 0 Å². The fraction of sp³-hybridized carbons (Fsp3) is 0.500. The third kappa shape index (κ3) is 3.00. The largest absolute Gasteiger partial charge is 0.388 e. The van der Waals surface area contributed by atoms with E-state index in [-0.39, 0.29) is 5.56 Å². The van der Waals surface area contributed by atoms with Gasteiger partial charge in [-0.2, -0.15) is 0 Å². The van der Waals surface area contributed by atoms with Crippen LogP contribution in [0, 0.1) is 11.6 Å². The molecule has 0 radical (unpaired) electrons. The highest BCUT2D eigenvalue weighted by Gasteiger charge is 2.21. The van der Waals surface area contributed by atoms with Gasteiger partial charge in [-0.15, -0.1) is 0 Å². The van der Waals surface area contributed by atoms with Gasteiger partial charge in [-0.25, -0.2) is 8.78 Å². The highest BCUT2D eigenvalue weighted by atomic mass is 19.1. The Labute approximate surface area is 93.3 Å². The van der Waals surface area contributed by atoms with E-state index in [9.17, 15) is 13.9 Å². The van der Waals surface area contributed by atoms with Gasteiger partial charge in [-0.05, 0) is 44.0 Å². The molecule has 0 amide bonds. The molecule has 1 unspecified atom stereocenters. The van der Waals surface area contributed by atoms with Gasteiger partial charge in [0.25, 0.3) is 0 Å². The van der Waals surface area contributed by atoms with Crippen LogP contribution in [0.4, 0.5) is 8.78 Å².